The van der Waals surface area contributed by atoms with Crippen molar-refractivity contribution in [3.63, 3.8) is 0 Å². The van der Waals surface area contributed by atoms with Gasteiger partial charge in [-0.15, -0.1) is 0 Å². The van der Waals surface area contributed by atoms with Crippen LogP contribution in [0.15, 0.2) is 24.3 Å². The van der Waals surface area contributed by atoms with Crippen LogP contribution in [-0.4, -0.2) is 60.2 Å². The summed E-state index contributed by atoms with van der Waals surface area (Å²) < 4.78 is 5.11. The fraction of sp³-hybridized carbons (Fsp3) is 0.562. The molecule has 5 heteroatoms. The molecule has 1 aromatic carbocycles. The highest BCUT2D eigenvalue weighted by Gasteiger charge is 2.24. The minimum absolute atomic E-state index is 0.388. The number of carbonyl (C=O) groups is 1. The molecule has 1 aromatic rings. The van der Waals surface area contributed by atoms with Crippen LogP contribution in [0.25, 0.3) is 0 Å². The third kappa shape index (κ3) is 4.52. The van der Waals surface area contributed by atoms with E-state index < -0.39 is 5.97 Å². The van der Waals surface area contributed by atoms with E-state index in [9.17, 15) is 4.79 Å². The lowest BCUT2D eigenvalue weighted by Crippen LogP contribution is -2.51. The van der Waals surface area contributed by atoms with Crippen LogP contribution in [0.5, 0.6) is 0 Å². The van der Waals surface area contributed by atoms with Crippen LogP contribution < -0.4 is 0 Å². The molecule has 21 heavy (non-hydrogen) atoms. The third-order valence-electron chi connectivity index (χ3n) is 4.05. The van der Waals surface area contributed by atoms with Crippen LogP contribution in [0.2, 0.25) is 0 Å². The third-order valence-corrected chi connectivity index (χ3v) is 4.05. The molecule has 1 atom stereocenters. The van der Waals surface area contributed by atoms with Crippen LogP contribution in [0.3, 0.4) is 0 Å². The maximum Gasteiger partial charge on any atom is 0.320 e. The molecule has 1 heterocycles. The lowest BCUT2D eigenvalue weighted by molar-refractivity contribution is -0.143. The highest BCUT2D eigenvalue weighted by atomic mass is 16.5. The molecule has 1 aliphatic rings. The molecule has 0 saturated carbocycles. The molecule has 0 radical (unpaired) electrons. The van der Waals surface area contributed by atoms with Gasteiger partial charge >= 0.3 is 5.97 Å². The van der Waals surface area contributed by atoms with E-state index in [4.69, 9.17) is 9.84 Å². The van der Waals surface area contributed by atoms with Crippen molar-refractivity contribution < 1.29 is 14.6 Å². The van der Waals surface area contributed by atoms with Gasteiger partial charge in [-0.1, -0.05) is 24.3 Å². The van der Waals surface area contributed by atoms with Crippen molar-refractivity contribution in [1.82, 2.24) is 9.80 Å². The normalized spacial score (nSPS) is 18.6. The van der Waals surface area contributed by atoms with Crippen molar-refractivity contribution in [2.75, 3.05) is 33.3 Å². The molecule has 0 bridgehead atoms. The number of aliphatic carboxylic acids is 1. The summed E-state index contributed by atoms with van der Waals surface area (Å²) in [7, 11) is 1.70. The van der Waals surface area contributed by atoms with Crippen LogP contribution >= 0.6 is 0 Å². The number of benzene rings is 1. The number of methoxy groups -OCH3 is 1. The van der Waals surface area contributed by atoms with Crippen molar-refractivity contribution in [2.24, 2.45) is 0 Å². The van der Waals surface area contributed by atoms with E-state index in [0.29, 0.717) is 6.61 Å². The molecule has 1 aliphatic heterocycles. The molecule has 2 rings (SSSR count). The Labute approximate surface area is 126 Å². The summed E-state index contributed by atoms with van der Waals surface area (Å²) >= 11 is 0. The SMILES string of the molecule is COCc1ccc(CN2CCN(C(C)C(=O)O)CC2)cc1. The Morgan fingerprint density at radius 1 is 1.19 bits per heavy atom. The fourth-order valence-electron chi connectivity index (χ4n) is 2.63. The van der Waals surface area contributed by atoms with Crippen molar-refractivity contribution >= 4 is 5.97 Å². The molecular weight excluding hydrogens is 268 g/mol. The zero-order valence-electron chi connectivity index (χ0n) is 12.8. The number of rotatable bonds is 6. The number of piperazine rings is 1. The molecule has 0 aliphatic carbocycles. The molecule has 0 spiro atoms. The quantitative estimate of drug-likeness (QED) is 0.859. The average molecular weight is 292 g/mol. The molecular formula is C16H24N2O3. The first kappa shape index (κ1) is 15.9. The number of hydrogen-bond donors (Lipinski definition) is 1. The average Bonchev–Trinajstić information content (AvgIpc) is 2.49. The minimum Gasteiger partial charge on any atom is -0.480 e. The second-order valence-corrected chi connectivity index (χ2v) is 5.58. The number of hydrogen-bond acceptors (Lipinski definition) is 4. The lowest BCUT2D eigenvalue weighted by Gasteiger charge is -2.36. The summed E-state index contributed by atoms with van der Waals surface area (Å²) in [5.41, 5.74) is 2.47. The monoisotopic (exact) mass is 292 g/mol. The first-order valence-electron chi connectivity index (χ1n) is 7.36. The van der Waals surface area contributed by atoms with Gasteiger partial charge < -0.3 is 9.84 Å². The van der Waals surface area contributed by atoms with Crippen molar-refractivity contribution in [3.8, 4) is 0 Å². The zero-order valence-corrected chi connectivity index (χ0v) is 12.8. The van der Waals surface area contributed by atoms with Gasteiger partial charge in [0.15, 0.2) is 0 Å². The largest absolute Gasteiger partial charge is 0.480 e. The van der Waals surface area contributed by atoms with Gasteiger partial charge in [-0.25, -0.2) is 0 Å². The van der Waals surface area contributed by atoms with E-state index in [2.05, 4.69) is 29.2 Å². The second-order valence-electron chi connectivity index (χ2n) is 5.58. The topological polar surface area (TPSA) is 53.0 Å². The molecule has 1 unspecified atom stereocenters. The Morgan fingerprint density at radius 2 is 1.76 bits per heavy atom. The summed E-state index contributed by atoms with van der Waals surface area (Å²) in [4.78, 5) is 15.4. The van der Waals surface area contributed by atoms with Crippen LogP contribution in [0, 0.1) is 0 Å². The smallest absolute Gasteiger partial charge is 0.320 e. The highest BCUT2D eigenvalue weighted by Crippen LogP contribution is 2.12. The van der Waals surface area contributed by atoms with Gasteiger partial charge in [-0.05, 0) is 18.1 Å². The summed E-state index contributed by atoms with van der Waals surface area (Å²) in [6.07, 6.45) is 0. The Balaban J connectivity index is 1.81. The standard InChI is InChI=1S/C16H24N2O3/c1-13(16(19)20)18-9-7-17(8-10-18)11-14-3-5-15(6-4-14)12-21-2/h3-6,13H,7-12H2,1-2H3,(H,19,20). The van der Waals surface area contributed by atoms with E-state index in [0.717, 1.165) is 32.7 Å². The number of carboxylic acid groups (broad SMARTS) is 1. The number of ether oxygens (including phenoxy) is 1. The fourth-order valence-corrected chi connectivity index (χ4v) is 2.63. The van der Waals surface area contributed by atoms with Crippen molar-refractivity contribution in [3.05, 3.63) is 35.4 Å². The lowest BCUT2D eigenvalue weighted by atomic mass is 10.1. The second kappa shape index (κ2) is 7.54. The van der Waals surface area contributed by atoms with Gasteiger partial charge in [-0.2, -0.15) is 0 Å². The summed E-state index contributed by atoms with van der Waals surface area (Å²) in [5, 5.41) is 9.04. The summed E-state index contributed by atoms with van der Waals surface area (Å²) in [6.45, 7) is 6.78. The van der Waals surface area contributed by atoms with Crippen LogP contribution in [0.4, 0.5) is 0 Å². The van der Waals surface area contributed by atoms with Gasteiger partial charge in [0.1, 0.15) is 6.04 Å². The van der Waals surface area contributed by atoms with E-state index in [1.807, 2.05) is 4.90 Å². The predicted octanol–water partition coefficient (Wildman–Crippen LogP) is 1.42. The predicted molar refractivity (Wildman–Crippen MR) is 81.1 cm³/mol. The van der Waals surface area contributed by atoms with Gasteiger partial charge in [0, 0.05) is 39.8 Å². The molecule has 1 N–H and O–H groups in total. The minimum atomic E-state index is -0.739. The molecule has 1 fully saturated rings. The molecule has 0 amide bonds. The van der Waals surface area contributed by atoms with Gasteiger partial charge in [-0.3, -0.25) is 14.6 Å². The van der Waals surface area contributed by atoms with Gasteiger partial charge in [0.2, 0.25) is 0 Å². The Morgan fingerprint density at radius 3 is 2.29 bits per heavy atom. The molecule has 116 valence electrons. The van der Waals surface area contributed by atoms with Crippen molar-refractivity contribution in [2.45, 2.75) is 26.1 Å². The zero-order chi connectivity index (χ0) is 15.2. The van der Waals surface area contributed by atoms with E-state index in [1.54, 1.807) is 14.0 Å². The first-order valence-corrected chi connectivity index (χ1v) is 7.36. The van der Waals surface area contributed by atoms with E-state index in [-0.39, 0.29) is 6.04 Å². The Kier molecular flexibility index (Phi) is 5.73. The van der Waals surface area contributed by atoms with Gasteiger partial charge in [0.05, 0.1) is 6.61 Å². The molecule has 5 nitrogen and oxygen atoms in total. The van der Waals surface area contributed by atoms with E-state index in [1.165, 1.54) is 11.1 Å². The maximum atomic E-state index is 11.0. The summed E-state index contributed by atoms with van der Waals surface area (Å²) in [6, 6.07) is 8.09. The Hall–Kier alpha value is -1.43. The maximum absolute atomic E-state index is 11.0. The molecule has 1 saturated heterocycles. The van der Waals surface area contributed by atoms with Gasteiger partial charge in [0.25, 0.3) is 0 Å². The van der Waals surface area contributed by atoms with Crippen LogP contribution in [-0.2, 0) is 22.7 Å². The van der Waals surface area contributed by atoms with Crippen LogP contribution in [0.1, 0.15) is 18.1 Å². The van der Waals surface area contributed by atoms with E-state index >= 15 is 0 Å². The Bertz CT molecular complexity index is 453. The molecule has 0 aromatic heterocycles. The highest BCUT2D eigenvalue weighted by molar-refractivity contribution is 5.72. The first-order chi connectivity index (χ1) is 10.1. The van der Waals surface area contributed by atoms with Crippen molar-refractivity contribution in [1.29, 1.82) is 0 Å². The summed E-state index contributed by atoms with van der Waals surface area (Å²) in [5.74, 6) is -0.739. The number of carboxylic acids is 1. The number of nitrogens with zero attached hydrogens (tertiary/aromatic N) is 2.